The third-order valence-corrected chi connectivity index (χ3v) is 4.59. The zero-order chi connectivity index (χ0) is 15.6. The van der Waals surface area contributed by atoms with Crippen LogP contribution in [0.1, 0.15) is 15.9 Å². The molecule has 0 aliphatic carbocycles. The van der Waals surface area contributed by atoms with Crippen molar-refractivity contribution in [1.82, 2.24) is 4.90 Å². The van der Waals surface area contributed by atoms with Crippen LogP contribution in [0.2, 0.25) is 0 Å². The summed E-state index contributed by atoms with van der Waals surface area (Å²) in [5.41, 5.74) is -0.523. The maximum atomic E-state index is 12.8. The van der Waals surface area contributed by atoms with E-state index >= 15 is 0 Å². The lowest BCUT2D eigenvalue weighted by atomic mass is 10.1. The number of carbonyl (C=O) groups is 1. The standard InChI is InChI=1S/C13H15F3N2O2S/c1-17-11-3-2-9(13(14,15)16)8-10(11)12(19)18-4-6-21(20)7-5-18/h2-3,8,17H,4-7H2,1H3. The van der Waals surface area contributed by atoms with Gasteiger partial charge in [0.1, 0.15) is 0 Å². The quantitative estimate of drug-likeness (QED) is 0.906. The first-order chi connectivity index (χ1) is 9.82. The van der Waals surface area contributed by atoms with Crippen LogP contribution in [0.5, 0.6) is 0 Å². The highest BCUT2D eigenvalue weighted by Gasteiger charge is 2.32. The Kier molecular flexibility index (Phi) is 4.55. The molecule has 1 aromatic rings. The molecule has 0 bridgehead atoms. The number of hydrogen-bond donors (Lipinski definition) is 1. The predicted octanol–water partition coefficient (Wildman–Crippen LogP) is 1.95. The molecule has 0 radical (unpaired) electrons. The Bertz CT molecular complexity index is 565. The minimum absolute atomic E-state index is 0.0139. The van der Waals surface area contributed by atoms with Gasteiger partial charge in [-0.1, -0.05) is 0 Å². The van der Waals surface area contributed by atoms with E-state index in [4.69, 9.17) is 0 Å². The number of nitrogens with zero attached hydrogens (tertiary/aromatic N) is 1. The maximum Gasteiger partial charge on any atom is 0.416 e. The molecular weight excluding hydrogens is 305 g/mol. The van der Waals surface area contributed by atoms with Gasteiger partial charge in [-0.15, -0.1) is 0 Å². The summed E-state index contributed by atoms with van der Waals surface area (Å²) in [6.45, 7) is 0.593. The van der Waals surface area contributed by atoms with Crippen LogP contribution in [0.25, 0.3) is 0 Å². The number of halogens is 3. The monoisotopic (exact) mass is 320 g/mol. The van der Waals surface area contributed by atoms with Gasteiger partial charge in [-0.25, -0.2) is 0 Å². The summed E-state index contributed by atoms with van der Waals surface area (Å²) < 4.78 is 49.6. The Morgan fingerprint density at radius 2 is 1.90 bits per heavy atom. The highest BCUT2D eigenvalue weighted by Crippen LogP contribution is 2.32. The van der Waals surface area contributed by atoms with Gasteiger partial charge in [0.05, 0.1) is 11.1 Å². The summed E-state index contributed by atoms with van der Waals surface area (Å²) in [4.78, 5) is 13.8. The highest BCUT2D eigenvalue weighted by molar-refractivity contribution is 7.85. The maximum absolute atomic E-state index is 12.8. The van der Waals surface area contributed by atoms with Crippen molar-refractivity contribution in [1.29, 1.82) is 0 Å². The van der Waals surface area contributed by atoms with Crippen LogP contribution in [0.4, 0.5) is 18.9 Å². The largest absolute Gasteiger partial charge is 0.416 e. The van der Waals surface area contributed by atoms with Gasteiger partial charge in [-0.3, -0.25) is 9.00 Å². The van der Waals surface area contributed by atoms with Crippen molar-refractivity contribution in [3.8, 4) is 0 Å². The minimum Gasteiger partial charge on any atom is -0.387 e. The van der Waals surface area contributed by atoms with Crippen LogP contribution in [-0.4, -0.2) is 46.7 Å². The smallest absolute Gasteiger partial charge is 0.387 e. The lowest BCUT2D eigenvalue weighted by molar-refractivity contribution is -0.137. The summed E-state index contributed by atoms with van der Waals surface area (Å²) in [5.74, 6) is 0.251. The molecule has 0 aromatic heterocycles. The third-order valence-electron chi connectivity index (χ3n) is 3.31. The zero-order valence-electron chi connectivity index (χ0n) is 11.4. The average molecular weight is 320 g/mol. The molecule has 2 rings (SSSR count). The molecule has 1 fully saturated rings. The van der Waals surface area contributed by atoms with Gasteiger partial charge >= 0.3 is 6.18 Å². The Balaban J connectivity index is 2.32. The van der Waals surface area contributed by atoms with Gasteiger partial charge < -0.3 is 10.2 Å². The van der Waals surface area contributed by atoms with Gasteiger partial charge in [-0.05, 0) is 18.2 Å². The van der Waals surface area contributed by atoms with Crippen molar-refractivity contribution in [2.75, 3.05) is 37.0 Å². The van der Waals surface area contributed by atoms with Crippen LogP contribution < -0.4 is 5.32 Å². The second kappa shape index (κ2) is 6.05. The fourth-order valence-corrected chi connectivity index (χ4v) is 3.18. The third kappa shape index (κ3) is 3.55. The topological polar surface area (TPSA) is 49.4 Å². The van der Waals surface area contributed by atoms with E-state index in [0.29, 0.717) is 30.3 Å². The number of carbonyl (C=O) groups excluding carboxylic acids is 1. The molecule has 0 spiro atoms. The molecule has 8 heteroatoms. The first-order valence-electron chi connectivity index (χ1n) is 6.36. The number of amides is 1. The van der Waals surface area contributed by atoms with Crippen molar-refractivity contribution >= 4 is 22.4 Å². The Morgan fingerprint density at radius 1 is 1.29 bits per heavy atom. The minimum atomic E-state index is -4.50. The second-order valence-electron chi connectivity index (χ2n) is 4.65. The molecule has 4 nitrogen and oxygen atoms in total. The normalized spacial score (nSPS) is 16.9. The predicted molar refractivity (Wildman–Crippen MR) is 74.8 cm³/mol. The number of benzene rings is 1. The molecule has 1 saturated heterocycles. The molecule has 1 aromatic carbocycles. The fourth-order valence-electron chi connectivity index (χ4n) is 2.13. The van der Waals surface area contributed by atoms with Crippen molar-refractivity contribution < 1.29 is 22.2 Å². The molecule has 116 valence electrons. The van der Waals surface area contributed by atoms with E-state index in [1.54, 1.807) is 7.05 Å². The van der Waals surface area contributed by atoms with Crippen molar-refractivity contribution in [3.63, 3.8) is 0 Å². The van der Waals surface area contributed by atoms with Crippen molar-refractivity contribution in [3.05, 3.63) is 29.3 Å². The number of rotatable bonds is 2. The SMILES string of the molecule is CNc1ccc(C(F)(F)F)cc1C(=O)N1CCS(=O)CC1. The van der Waals surface area contributed by atoms with E-state index in [1.165, 1.54) is 11.0 Å². The Morgan fingerprint density at radius 3 is 2.43 bits per heavy atom. The molecule has 0 unspecified atom stereocenters. The Hall–Kier alpha value is -1.57. The van der Waals surface area contributed by atoms with Crippen molar-refractivity contribution in [2.45, 2.75) is 6.18 Å². The zero-order valence-corrected chi connectivity index (χ0v) is 12.2. The molecule has 0 atom stereocenters. The summed E-state index contributed by atoms with van der Waals surface area (Å²) in [5, 5.41) is 2.73. The lowest BCUT2D eigenvalue weighted by Crippen LogP contribution is -2.42. The van der Waals surface area contributed by atoms with Crippen LogP contribution in [0.3, 0.4) is 0 Å². The van der Waals surface area contributed by atoms with Gasteiger partial charge in [0.15, 0.2) is 0 Å². The molecule has 0 saturated carbocycles. The average Bonchev–Trinajstić information content (AvgIpc) is 2.45. The summed E-state index contributed by atoms with van der Waals surface area (Å²) in [6.07, 6.45) is -4.50. The summed E-state index contributed by atoms with van der Waals surface area (Å²) in [6, 6.07) is 3.05. The number of nitrogens with one attached hydrogen (secondary N) is 1. The number of alkyl halides is 3. The van der Waals surface area contributed by atoms with Gasteiger partial charge in [0.25, 0.3) is 5.91 Å². The van der Waals surface area contributed by atoms with E-state index in [1.807, 2.05) is 0 Å². The van der Waals surface area contributed by atoms with Crippen molar-refractivity contribution in [2.24, 2.45) is 0 Å². The van der Waals surface area contributed by atoms with Crippen LogP contribution >= 0.6 is 0 Å². The van der Waals surface area contributed by atoms with Gasteiger partial charge in [-0.2, -0.15) is 13.2 Å². The molecule has 21 heavy (non-hydrogen) atoms. The lowest BCUT2D eigenvalue weighted by Gasteiger charge is -2.27. The van der Waals surface area contributed by atoms with Crippen LogP contribution in [0.15, 0.2) is 18.2 Å². The first kappa shape index (κ1) is 15.8. The van der Waals surface area contributed by atoms with Gasteiger partial charge in [0.2, 0.25) is 0 Å². The first-order valence-corrected chi connectivity index (χ1v) is 7.85. The number of anilines is 1. The molecular formula is C13H15F3N2O2S. The number of hydrogen-bond acceptors (Lipinski definition) is 3. The fraction of sp³-hybridized carbons (Fsp3) is 0.462. The van der Waals surface area contributed by atoms with E-state index in [2.05, 4.69) is 5.32 Å². The second-order valence-corrected chi connectivity index (χ2v) is 6.34. The van der Waals surface area contributed by atoms with Crippen LogP contribution in [-0.2, 0) is 17.0 Å². The molecule has 1 amide bonds. The van der Waals surface area contributed by atoms with Gasteiger partial charge in [0, 0.05) is 48.1 Å². The summed E-state index contributed by atoms with van der Waals surface area (Å²) >= 11 is 0. The van der Waals surface area contributed by atoms with E-state index in [9.17, 15) is 22.2 Å². The van der Waals surface area contributed by atoms with E-state index in [0.717, 1.165) is 12.1 Å². The molecule has 1 aliphatic heterocycles. The highest BCUT2D eigenvalue weighted by atomic mass is 32.2. The van der Waals surface area contributed by atoms with Crippen LogP contribution in [0, 0.1) is 0 Å². The summed E-state index contributed by atoms with van der Waals surface area (Å²) in [7, 11) is 0.597. The molecule has 1 aliphatic rings. The molecule has 1 heterocycles. The Labute approximate surface area is 122 Å². The van der Waals surface area contributed by atoms with E-state index < -0.39 is 28.4 Å². The van der Waals surface area contributed by atoms with E-state index in [-0.39, 0.29) is 5.56 Å². The molecule has 1 N–H and O–H groups in total.